The van der Waals surface area contributed by atoms with Gasteiger partial charge in [-0.1, -0.05) is 20.8 Å². The van der Waals surface area contributed by atoms with Gasteiger partial charge in [0.2, 0.25) is 17.7 Å². The zero-order chi connectivity index (χ0) is 17.9. The van der Waals surface area contributed by atoms with Crippen LogP contribution in [-0.2, 0) is 19.8 Å². The SMILES string of the molecule is COc1c(NC(C)=O)cc(C(C)(C)C)cc1N(C(C)=O)C(C)=O. The predicted molar refractivity (Wildman–Crippen MR) is 89.8 cm³/mol. The Morgan fingerprint density at radius 2 is 1.57 bits per heavy atom. The van der Waals surface area contributed by atoms with Gasteiger partial charge in [-0.3, -0.25) is 14.4 Å². The molecule has 0 saturated carbocycles. The summed E-state index contributed by atoms with van der Waals surface area (Å²) >= 11 is 0. The number of rotatable bonds is 3. The van der Waals surface area contributed by atoms with Crippen molar-refractivity contribution in [2.24, 2.45) is 0 Å². The van der Waals surface area contributed by atoms with E-state index in [1.54, 1.807) is 12.1 Å². The van der Waals surface area contributed by atoms with Crippen LogP contribution in [0.25, 0.3) is 0 Å². The van der Waals surface area contributed by atoms with Crippen LogP contribution in [0.1, 0.15) is 47.1 Å². The molecule has 0 saturated heterocycles. The first-order valence-electron chi connectivity index (χ1n) is 7.30. The summed E-state index contributed by atoms with van der Waals surface area (Å²) in [7, 11) is 1.43. The third-order valence-corrected chi connectivity index (χ3v) is 3.32. The van der Waals surface area contributed by atoms with Gasteiger partial charge >= 0.3 is 0 Å². The molecule has 1 rings (SSSR count). The zero-order valence-corrected chi connectivity index (χ0v) is 14.7. The molecule has 1 aromatic rings. The number of hydrogen-bond acceptors (Lipinski definition) is 4. The van der Waals surface area contributed by atoms with E-state index in [0.717, 1.165) is 10.5 Å². The average Bonchev–Trinajstić information content (AvgIpc) is 2.35. The molecule has 0 aliphatic carbocycles. The molecule has 0 aliphatic rings. The van der Waals surface area contributed by atoms with Gasteiger partial charge in [-0.2, -0.15) is 0 Å². The fourth-order valence-electron chi connectivity index (χ4n) is 2.27. The molecule has 0 heterocycles. The second-order valence-electron chi connectivity index (χ2n) is 6.38. The van der Waals surface area contributed by atoms with E-state index in [0.29, 0.717) is 11.4 Å². The Kier molecular flexibility index (Phi) is 5.53. The van der Waals surface area contributed by atoms with Crippen molar-refractivity contribution in [3.8, 4) is 5.75 Å². The zero-order valence-electron chi connectivity index (χ0n) is 14.7. The lowest BCUT2D eigenvalue weighted by Gasteiger charge is -2.27. The fourth-order valence-corrected chi connectivity index (χ4v) is 2.27. The van der Waals surface area contributed by atoms with Crippen LogP contribution in [0, 0.1) is 0 Å². The van der Waals surface area contributed by atoms with Gasteiger partial charge in [0.1, 0.15) is 0 Å². The summed E-state index contributed by atoms with van der Waals surface area (Å²) in [6.45, 7) is 10.0. The van der Waals surface area contributed by atoms with Crippen molar-refractivity contribution in [1.29, 1.82) is 0 Å². The summed E-state index contributed by atoms with van der Waals surface area (Å²) in [6, 6.07) is 3.54. The van der Waals surface area contributed by atoms with Gasteiger partial charge in [-0.15, -0.1) is 0 Å². The van der Waals surface area contributed by atoms with Gasteiger partial charge in [-0.25, -0.2) is 4.90 Å². The van der Waals surface area contributed by atoms with Crippen LogP contribution in [0.15, 0.2) is 12.1 Å². The first-order valence-corrected chi connectivity index (χ1v) is 7.30. The summed E-state index contributed by atoms with van der Waals surface area (Å²) in [5.74, 6) is -0.831. The third-order valence-electron chi connectivity index (χ3n) is 3.32. The quantitative estimate of drug-likeness (QED) is 0.929. The van der Waals surface area contributed by atoms with Gasteiger partial charge in [0, 0.05) is 20.8 Å². The van der Waals surface area contributed by atoms with E-state index in [2.05, 4.69) is 5.32 Å². The van der Waals surface area contributed by atoms with Gasteiger partial charge in [-0.05, 0) is 23.1 Å². The minimum absolute atomic E-state index is 0.243. The van der Waals surface area contributed by atoms with Crippen LogP contribution in [-0.4, -0.2) is 24.8 Å². The van der Waals surface area contributed by atoms with E-state index in [1.807, 2.05) is 20.8 Å². The first-order chi connectivity index (χ1) is 10.5. The Bertz CT molecular complexity index is 631. The topological polar surface area (TPSA) is 75.7 Å². The lowest BCUT2D eigenvalue weighted by molar-refractivity contribution is -0.124. The van der Waals surface area contributed by atoms with Crippen LogP contribution < -0.4 is 15.0 Å². The van der Waals surface area contributed by atoms with E-state index in [-0.39, 0.29) is 17.1 Å². The lowest BCUT2D eigenvalue weighted by atomic mass is 9.86. The Labute approximate surface area is 136 Å². The van der Waals surface area contributed by atoms with Crippen LogP contribution in [0.5, 0.6) is 5.75 Å². The van der Waals surface area contributed by atoms with Crippen LogP contribution in [0.4, 0.5) is 11.4 Å². The minimum atomic E-state index is -0.421. The Hall–Kier alpha value is -2.37. The van der Waals surface area contributed by atoms with Crippen molar-refractivity contribution in [3.63, 3.8) is 0 Å². The Morgan fingerprint density at radius 3 is 1.91 bits per heavy atom. The molecule has 0 unspecified atom stereocenters. The molecule has 0 bridgehead atoms. The highest BCUT2D eigenvalue weighted by Gasteiger charge is 2.26. The molecule has 1 N–H and O–H groups in total. The number of ether oxygens (including phenoxy) is 1. The van der Waals surface area contributed by atoms with Crippen LogP contribution in [0.2, 0.25) is 0 Å². The molecule has 6 nitrogen and oxygen atoms in total. The predicted octanol–water partition coefficient (Wildman–Crippen LogP) is 2.85. The van der Waals surface area contributed by atoms with Gasteiger partial charge in [0.25, 0.3) is 0 Å². The lowest BCUT2D eigenvalue weighted by Crippen LogP contribution is -2.34. The molecule has 0 radical (unpaired) electrons. The first kappa shape index (κ1) is 18.7. The molecular weight excluding hydrogens is 296 g/mol. The van der Waals surface area contributed by atoms with Crippen molar-refractivity contribution >= 4 is 29.1 Å². The number of amides is 3. The maximum absolute atomic E-state index is 11.9. The molecule has 0 aliphatic heterocycles. The van der Waals surface area contributed by atoms with Crippen molar-refractivity contribution in [2.45, 2.75) is 47.0 Å². The van der Waals surface area contributed by atoms with Crippen molar-refractivity contribution in [1.82, 2.24) is 0 Å². The number of carbonyl (C=O) groups is 3. The largest absolute Gasteiger partial charge is 0.492 e. The smallest absolute Gasteiger partial charge is 0.230 e. The number of anilines is 2. The van der Waals surface area contributed by atoms with E-state index in [4.69, 9.17) is 4.74 Å². The summed E-state index contributed by atoms with van der Waals surface area (Å²) in [4.78, 5) is 36.3. The number of methoxy groups -OCH3 is 1. The standard InChI is InChI=1S/C17H24N2O4/c1-10(20)18-14-8-13(17(4,5)6)9-15(16(14)23-7)19(11(2)21)12(3)22/h8-9H,1-7H3,(H,18,20). The second kappa shape index (κ2) is 6.81. The van der Waals surface area contributed by atoms with Crippen LogP contribution in [0.3, 0.4) is 0 Å². The molecule has 6 heteroatoms. The summed E-state index contributed by atoms with van der Waals surface area (Å²) in [5, 5.41) is 2.70. The highest BCUT2D eigenvalue weighted by atomic mass is 16.5. The third kappa shape index (κ3) is 4.31. The summed E-state index contributed by atoms with van der Waals surface area (Å²) in [6.07, 6.45) is 0. The fraction of sp³-hybridized carbons (Fsp3) is 0.471. The molecule has 23 heavy (non-hydrogen) atoms. The monoisotopic (exact) mass is 320 g/mol. The number of carbonyl (C=O) groups excluding carboxylic acids is 3. The van der Waals surface area contributed by atoms with Crippen molar-refractivity contribution < 1.29 is 19.1 Å². The molecule has 0 spiro atoms. The molecule has 1 aromatic carbocycles. The summed E-state index contributed by atoms with van der Waals surface area (Å²) < 4.78 is 5.37. The van der Waals surface area contributed by atoms with Gasteiger partial charge in [0.15, 0.2) is 5.75 Å². The average molecular weight is 320 g/mol. The number of imide groups is 1. The van der Waals surface area contributed by atoms with Crippen molar-refractivity contribution in [3.05, 3.63) is 17.7 Å². The number of nitrogens with one attached hydrogen (secondary N) is 1. The molecule has 0 atom stereocenters. The second-order valence-corrected chi connectivity index (χ2v) is 6.38. The number of nitrogens with zero attached hydrogens (tertiary/aromatic N) is 1. The van der Waals surface area contributed by atoms with E-state index in [9.17, 15) is 14.4 Å². The van der Waals surface area contributed by atoms with E-state index >= 15 is 0 Å². The highest BCUT2D eigenvalue weighted by molar-refractivity contribution is 6.15. The summed E-state index contributed by atoms with van der Waals surface area (Å²) in [5.41, 5.74) is 1.37. The Balaban J connectivity index is 3.73. The van der Waals surface area contributed by atoms with E-state index in [1.165, 1.54) is 27.9 Å². The van der Waals surface area contributed by atoms with E-state index < -0.39 is 11.8 Å². The molecule has 0 fully saturated rings. The molecular formula is C17H24N2O4. The van der Waals surface area contributed by atoms with Crippen molar-refractivity contribution in [2.75, 3.05) is 17.3 Å². The van der Waals surface area contributed by atoms with Gasteiger partial charge in [0.05, 0.1) is 18.5 Å². The maximum atomic E-state index is 11.9. The minimum Gasteiger partial charge on any atom is -0.492 e. The number of hydrogen-bond donors (Lipinski definition) is 1. The van der Waals surface area contributed by atoms with Gasteiger partial charge < -0.3 is 10.1 Å². The molecule has 0 aromatic heterocycles. The maximum Gasteiger partial charge on any atom is 0.230 e. The highest BCUT2D eigenvalue weighted by Crippen LogP contribution is 2.40. The molecule has 3 amide bonds. The Morgan fingerprint density at radius 1 is 1.04 bits per heavy atom. The number of benzene rings is 1. The normalized spacial score (nSPS) is 10.9. The van der Waals surface area contributed by atoms with Crippen LogP contribution >= 0.6 is 0 Å². The molecule has 126 valence electrons.